The smallest absolute Gasteiger partial charge is 0.310 e. The molecule has 3 saturated heterocycles. The summed E-state index contributed by atoms with van der Waals surface area (Å²) in [6.45, 7) is 1.93. The van der Waals surface area contributed by atoms with Crippen molar-refractivity contribution in [3.8, 4) is 28.7 Å². The lowest BCUT2D eigenvalue weighted by Crippen LogP contribution is -2.63. The van der Waals surface area contributed by atoms with E-state index in [4.69, 9.17) is 42.6 Å². The van der Waals surface area contributed by atoms with Crippen LogP contribution in [0.4, 0.5) is 0 Å². The van der Waals surface area contributed by atoms with Crippen LogP contribution in [0.25, 0.3) is 0 Å². The molecule has 0 radical (unpaired) electrons. The number of hydrogen-bond acceptors (Lipinski definition) is 13. The molecule has 2 aromatic rings. The number of phenolic OH excluding ortho intramolecular Hbond substituents is 1. The predicted molar refractivity (Wildman–Crippen MR) is 138 cm³/mol. The average Bonchev–Trinajstić information content (AvgIpc) is 3.61. The fourth-order valence-corrected chi connectivity index (χ4v) is 6.74. The molecule has 2 aromatic carbocycles. The first-order valence-corrected chi connectivity index (χ1v) is 13.8. The second-order valence-electron chi connectivity index (χ2n) is 11.0. The summed E-state index contributed by atoms with van der Waals surface area (Å²) in [5.41, 5.74) is 2.01. The van der Waals surface area contributed by atoms with Crippen molar-refractivity contribution in [1.82, 2.24) is 0 Å². The van der Waals surface area contributed by atoms with Gasteiger partial charge in [0.1, 0.15) is 24.4 Å². The van der Waals surface area contributed by atoms with Gasteiger partial charge in [0, 0.05) is 11.8 Å². The SMILES string of the molecule is COc1cc(C2c3cc4c(cc3[C@@H](O[C@@H]3OC5CO[C@@H](C)O[C@H]5[C@H](O)[C@H]3O)C3COC(=O)[C@H]23)OCO4)cc(OC)c1O. The van der Waals surface area contributed by atoms with Crippen LogP contribution in [-0.2, 0) is 28.5 Å². The molecule has 5 aliphatic rings. The second-order valence-corrected chi connectivity index (χ2v) is 11.0. The lowest BCUT2D eigenvalue weighted by Gasteiger charge is -2.47. The molecule has 0 saturated carbocycles. The number of carbonyl (C=O) groups excluding carboxylic acids is 1. The van der Waals surface area contributed by atoms with Crippen molar-refractivity contribution >= 4 is 5.97 Å². The second kappa shape index (κ2) is 10.4. The number of aliphatic hydroxyl groups excluding tert-OH is 2. The minimum atomic E-state index is -1.44. The topological polar surface area (TPSA) is 161 Å². The Bertz CT molecular complexity index is 1350. The number of phenols is 1. The van der Waals surface area contributed by atoms with Crippen LogP contribution in [0.2, 0.25) is 0 Å². The first-order valence-electron chi connectivity index (χ1n) is 13.8. The lowest BCUT2D eigenvalue weighted by atomic mass is 9.66. The average molecular weight is 589 g/mol. The number of aliphatic hydroxyl groups is 2. The number of fused-ring (bicyclic) bond motifs is 4. The Kier molecular flexibility index (Phi) is 6.83. The molecule has 3 fully saturated rings. The predicted octanol–water partition coefficient (Wildman–Crippen LogP) is 1.34. The molecule has 0 amide bonds. The van der Waals surface area contributed by atoms with Gasteiger partial charge in [-0.2, -0.15) is 0 Å². The Balaban J connectivity index is 1.32. The maximum atomic E-state index is 13.4. The Morgan fingerprint density at radius 1 is 0.881 bits per heavy atom. The molecule has 10 atom stereocenters. The summed E-state index contributed by atoms with van der Waals surface area (Å²) < 4.78 is 51.5. The zero-order chi connectivity index (χ0) is 29.3. The minimum Gasteiger partial charge on any atom is -0.502 e. The number of methoxy groups -OCH3 is 2. The fraction of sp³-hybridized carbons (Fsp3) is 0.552. The molecule has 4 aliphatic heterocycles. The quantitative estimate of drug-likeness (QED) is 0.430. The van der Waals surface area contributed by atoms with Crippen LogP contribution in [-0.4, -0.2) is 92.5 Å². The molecule has 0 bridgehead atoms. The third kappa shape index (κ3) is 4.26. The minimum absolute atomic E-state index is 0.0301. The standard InChI is InChI=1S/C29H32O13/c1-11-36-9-20-27(40-11)24(31)25(32)29(41-20)42-26-14-7-17-16(38-10-39-17)6-13(14)21(22-15(26)8-37-28(22)33)12-4-18(34-2)23(30)19(5-12)35-3/h4-7,11,15,20-22,24-27,29-32H,8-10H2,1-3H3/t11-,15?,20?,21?,22+,24-,25-,26-,27-,29+/m1/s1. The van der Waals surface area contributed by atoms with Crippen LogP contribution in [0.15, 0.2) is 24.3 Å². The molecular formula is C29H32O13. The number of cyclic esters (lactones) is 1. The summed E-state index contributed by atoms with van der Waals surface area (Å²) in [5, 5.41) is 32.5. The van der Waals surface area contributed by atoms with Gasteiger partial charge in [-0.3, -0.25) is 4.79 Å². The molecule has 0 aromatic heterocycles. The molecule has 13 heteroatoms. The highest BCUT2D eigenvalue weighted by atomic mass is 16.8. The van der Waals surface area contributed by atoms with E-state index in [0.717, 1.165) is 0 Å². The first kappa shape index (κ1) is 27.5. The van der Waals surface area contributed by atoms with E-state index >= 15 is 0 Å². The van der Waals surface area contributed by atoms with Gasteiger partial charge in [0.15, 0.2) is 35.6 Å². The highest BCUT2D eigenvalue weighted by Gasteiger charge is 2.56. The van der Waals surface area contributed by atoms with Gasteiger partial charge in [-0.15, -0.1) is 0 Å². The van der Waals surface area contributed by atoms with Gasteiger partial charge in [-0.25, -0.2) is 0 Å². The maximum Gasteiger partial charge on any atom is 0.310 e. The van der Waals surface area contributed by atoms with Crippen molar-refractivity contribution in [3.63, 3.8) is 0 Å². The van der Waals surface area contributed by atoms with Gasteiger partial charge in [0.25, 0.3) is 0 Å². The lowest BCUT2D eigenvalue weighted by molar-refractivity contribution is -0.364. The van der Waals surface area contributed by atoms with Gasteiger partial charge in [-0.1, -0.05) is 0 Å². The number of hydrogen-bond donors (Lipinski definition) is 3. The Labute approximate surface area is 240 Å². The van der Waals surface area contributed by atoms with E-state index in [1.807, 2.05) is 0 Å². The number of carbonyl (C=O) groups is 1. The van der Waals surface area contributed by atoms with Gasteiger partial charge < -0.3 is 58.0 Å². The van der Waals surface area contributed by atoms with Crippen molar-refractivity contribution in [2.45, 2.75) is 55.9 Å². The molecular weight excluding hydrogens is 556 g/mol. The highest BCUT2D eigenvalue weighted by Crippen LogP contribution is 2.57. The zero-order valence-corrected chi connectivity index (χ0v) is 23.1. The Morgan fingerprint density at radius 3 is 2.26 bits per heavy atom. The summed E-state index contributed by atoms with van der Waals surface area (Å²) in [6.07, 6.45) is -6.80. The van der Waals surface area contributed by atoms with Crippen molar-refractivity contribution in [1.29, 1.82) is 0 Å². The molecule has 3 N–H and O–H groups in total. The van der Waals surface area contributed by atoms with E-state index < -0.39 is 66.8 Å². The molecule has 7 rings (SSSR count). The van der Waals surface area contributed by atoms with Crippen molar-refractivity contribution < 1.29 is 62.7 Å². The molecule has 0 spiro atoms. The Hall–Kier alpha value is -3.33. The van der Waals surface area contributed by atoms with Crippen LogP contribution in [0.3, 0.4) is 0 Å². The van der Waals surface area contributed by atoms with E-state index in [0.29, 0.717) is 28.2 Å². The third-order valence-electron chi connectivity index (χ3n) is 8.75. The van der Waals surface area contributed by atoms with E-state index in [2.05, 4.69) is 0 Å². The van der Waals surface area contributed by atoms with Crippen molar-refractivity contribution in [2.75, 3.05) is 34.2 Å². The van der Waals surface area contributed by atoms with Gasteiger partial charge in [0.2, 0.25) is 12.5 Å². The molecule has 42 heavy (non-hydrogen) atoms. The molecule has 4 heterocycles. The van der Waals surface area contributed by atoms with Gasteiger partial charge >= 0.3 is 5.97 Å². The van der Waals surface area contributed by atoms with Crippen LogP contribution in [0, 0.1) is 11.8 Å². The zero-order valence-electron chi connectivity index (χ0n) is 23.1. The summed E-state index contributed by atoms with van der Waals surface area (Å²) in [4.78, 5) is 13.4. The number of ether oxygens (including phenoxy) is 9. The molecule has 226 valence electrons. The number of aromatic hydroxyl groups is 1. The number of benzene rings is 2. The monoisotopic (exact) mass is 588 g/mol. The summed E-state index contributed by atoms with van der Waals surface area (Å²) in [5.74, 6) is -1.02. The molecule has 13 nitrogen and oxygen atoms in total. The molecule has 3 unspecified atom stereocenters. The van der Waals surface area contributed by atoms with Gasteiger partial charge in [0.05, 0.1) is 39.5 Å². The van der Waals surface area contributed by atoms with Crippen LogP contribution in [0.5, 0.6) is 28.7 Å². The van der Waals surface area contributed by atoms with Crippen molar-refractivity contribution in [2.24, 2.45) is 11.8 Å². The van der Waals surface area contributed by atoms with Crippen LogP contribution >= 0.6 is 0 Å². The normalized spacial score (nSPS) is 36.5. The van der Waals surface area contributed by atoms with Crippen LogP contribution < -0.4 is 18.9 Å². The van der Waals surface area contributed by atoms with E-state index in [9.17, 15) is 20.1 Å². The summed E-state index contributed by atoms with van der Waals surface area (Å²) in [6, 6.07) is 6.93. The fourth-order valence-electron chi connectivity index (χ4n) is 6.74. The van der Waals surface area contributed by atoms with E-state index in [-0.39, 0.29) is 37.3 Å². The number of rotatable bonds is 5. The number of esters is 1. The highest BCUT2D eigenvalue weighted by molar-refractivity contribution is 5.79. The maximum absolute atomic E-state index is 13.4. The third-order valence-corrected chi connectivity index (χ3v) is 8.75. The van der Waals surface area contributed by atoms with Gasteiger partial charge in [-0.05, 0) is 47.9 Å². The largest absolute Gasteiger partial charge is 0.502 e. The first-order chi connectivity index (χ1) is 20.3. The summed E-state index contributed by atoms with van der Waals surface area (Å²) in [7, 11) is 2.86. The van der Waals surface area contributed by atoms with E-state index in [1.54, 1.807) is 31.2 Å². The molecule has 1 aliphatic carbocycles. The summed E-state index contributed by atoms with van der Waals surface area (Å²) >= 11 is 0. The van der Waals surface area contributed by atoms with Crippen molar-refractivity contribution in [3.05, 3.63) is 41.0 Å². The Morgan fingerprint density at radius 2 is 1.57 bits per heavy atom. The van der Waals surface area contributed by atoms with E-state index in [1.165, 1.54) is 14.2 Å². The van der Waals surface area contributed by atoms with Crippen LogP contribution in [0.1, 0.15) is 35.6 Å².